The van der Waals surface area contributed by atoms with Gasteiger partial charge < -0.3 is 10.1 Å². The Bertz CT molecular complexity index is 1110. The number of benzene rings is 2. The van der Waals surface area contributed by atoms with E-state index in [1.807, 2.05) is 39.0 Å². The van der Waals surface area contributed by atoms with Crippen LogP contribution in [0.25, 0.3) is 0 Å². The number of carbonyl (C=O) groups is 2. The van der Waals surface area contributed by atoms with Crippen molar-refractivity contribution in [2.24, 2.45) is 0 Å². The molecule has 0 bridgehead atoms. The normalized spacial score (nSPS) is 15.5. The molecule has 1 saturated carbocycles. The highest BCUT2D eigenvalue weighted by atomic mass is 32.2. The molecule has 1 aliphatic rings. The zero-order valence-corrected chi connectivity index (χ0v) is 19.3. The second-order valence-corrected chi connectivity index (χ2v) is 10.6. The largest absolute Gasteiger partial charge is 0.454 e. The van der Waals surface area contributed by atoms with E-state index < -0.39 is 33.1 Å². The van der Waals surface area contributed by atoms with Crippen LogP contribution in [0.15, 0.2) is 41.3 Å². The van der Waals surface area contributed by atoms with Gasteiger partial charge in [0, 0.05) is 5.69 Å². The molecule has 2 aromatic rings. The van der Waals surface area contributed by atoms with Gasteiger partial charge in [-0.15, -0.1) is 0 Å². The maximum absolute atomic E-state index is 13.6. The van der Waals surface area contributed by atoms with E-state index >= 15 is 0 Å². The summed E-state index contributed by atoms with van der Waals surface area (Å²) < 4.78 is 30.8. The van der Waals surface area contributed by atoms with E-state index in [1.54, 1.807) is 25.1 Å². The van der Waals surface area contributed by atoms with Crippen molar-refractivity contribution >= 4 is 27.4 Å². The van der Waals surface area contributed by atoms with Crippen molar-refractivity contribution in [3.63, 3.8) is 0 Å². The Morgan fingerprint density at radius 3 is 2.23 bits per heavy atom. The molecule has 7 heteroatoms. The quantitative estimate of drug-likeness (QED) is 0.676. The fourth-order valence-electron chi connectivity index (χ4n) is 4.01. The number of ether oxygens (including phenoxy) is 1. The Morgan fingerprint density at radius 1 is 0.935 bits per heavy atom. The molecule has 6 nitrogen and oxygen atoms in total. The molecule has 0 spiro atoms. The number of esters is 1. The van der Waals surface area contributed by atoms with E-state index in [1.165, 1.54) is 0 Å². The molecule has 1 N–H and O–H groups in total. The Hall–Kier alpha value is -2.67. The second-order valence-electron chi connectivity index (χ2n) is 8.40. The first-order valence-corrected chi connectivity index (χ1v) is 11.9. The number of anilines is 1. The van der Waals surface area contributed by atoms with Gasteiger partial charge in [-0.05, 0) is 81.0 Å². The Balaban J connectivity index is 1.78. The summed E-state index contributed by atoms with van der Waals surface area (Å²) in [5.41, 5.74) is 4.13. The van der Waals surface area contributed by atoms with E-state index in [-0.39, 0.29) is 17.7 Å². The first-order valence-electron chi connectivity index (χ1n) is 10.4. The third kappa shape index (κ3) is 4.51. The van der Waals surface area contributed by atoms with Crippen LogP contribution >= 0.6 is 0 Å². The van der Waals surface area contributed by atoms with Gasteiger partial charge in [0.15, 0.2) is 21.2 Å². The fourth-order valence-corrected chi connectivity index (χ4v) is 6.37. The Morgan fingerprint density at radius 2 is 1.58 bits per heavy atom. The fraction of sp³-hybridized carbons (Fsp3) is 0.417. The molecule has 0 unspecified atom stereocenters. The van der Waals surface area contributed by atoms with Crippen LogP contribution in [0.4, 0.5) is 5.69 Å². The first-order chi connectivity index (χ1) is 14.6. The van der Waals surface area contributed by atoms with Crippen molar-refractivity contribution in [2.75, 3.05) is 11.9 Å². The summed E-state index contributed by atoms with van der Waals surface area (Å²) in [6.07, 6.45) is 1.63. The summed E-state index contributed by atoms with van der Waals surface area (Å²) in [5.74, 6) is -1.35. The number of sulfone groups is 1. The number of nitrogens with one attached hydrogen (secondary N) is 1. The standard InChI is InChI=1S/C24H29NO5S/c1-16-7-8-18(3)21(13-16)31(28,29)24(11-5-6-12-24)23(27)30-15-22(26)25-20-10-9-17(2)19(4)14-20/h7-10,13-14H,5-6,11-12,15H2,1-4H3,(H,25,26). The van der Waals surface area contributed by atoms with E-state index in [0.29, 0.717) is 24.1 Å². The zero-order chi connectivity index (χ0) is 22.8. The van der Waals surface area contributed by atoms with Crippen LogP contribution in [-0.4, -0.2) is 31.6 Å². The maximum Gasteiger partial charge on any atom is 0.328 e. The number of carbonyl (C=O) groups excluding carboxylic acids is 2. The molecule has 3 rings (SSSR count). The minimum Gasteiger partial charge on any atom is -0.454 e. The monoisotopic (exact) mass is 443 g/mol. The molecule has 31 heavy (non-hydrogen) atoms. The summed E-state index contributed by atoms with van der Waals surface area (Å²) in [6, 6.07) is 10.7. The highest BCUT2D eigenvalue weighted by Gasteiger charge is 2.54. The van der Waals surface area contributed by atoms with Crippen molar-refractivity contribution in [2.45, 2.75) is 63.0 Å². The van der Waals surface area contributed by atoms with E-state index in [4.69, 9.17) is 4.74 Å². The lowest BCUT2D eigenvalue weighted by Gasteiger charge is -2.27. The van der Waals surface area contributed by atoms with Crippen LogP contribution in [-0.2, 0) is 24.2 Å². The second kappa shape index (κ2) is 8.83. The maximum atomic E-state index is 13.6. The minimum atomic E-state index is -3.98. The van der Waals surface area contributed by atoms with Crippen molar-refractivity contribution in [1.29, 1.82) is 0 Å². The molecule has 1 aliphatic carbocycles. The molecule has 0 atom stereocenters. The number of hydrogen-bond donors (Lipinski definition) is 1. The van der Waals surface area contributed by atoms with Crippen LogP contribution in [0.2, 0.25) is 0 Å². The van der Waals surface area contributed by atoms with Gasteiger partial charge in [-0.1, -0.05) is 31.0 Å². The molecule has 0 radical (unpaired) electrons. The van der Waals surface area contributed by atoms with E-state index in [9.17, 15) is 18.0 Å². The average Bonchev–Trinajstić information content (AvgIpc) is 3.22. The smallest absolute Gasteiger partial charge is 0.328 e. The van der Waals surface area contributed by atoms with Crippen molar-refractivity contribution in [1.82, 2.24) is 0 Å². The SMILES string of the molecule is Cc1ccc(C)c(S(=O)(=O)C2(C(=O)OCC(=O)Nc3ccc(C)c(C)c3)CCCC2)c1. The molecule has 1 fully saturated rings. The van der Waals surface area contributed by atoms with Gasteiger partial charge in [-0.25, -0.2) is 8.42 Å². The van der Waals surface area contributed by atoms with Gasteiger partial charge in [0.25, 0.3) is 5.91 Å². The number of rotatable bonds is 6. The van der Waals surface area contributed by atoms with Gasteiger partial charge in [-0.2, -0.15) is 0 Å². The minimum absolute atomic E-state index is 0.158. The Kier molecular flexibility index (Phi) is 6.55. The molecule has 0 heterocycles. The number of aryl methyl sites for hydroxylation is 4. The van der Waals surface area contributed by atoms with Crippen molar-refractivity contribution in [3.8, 4) is 0 Å². The molecule has 2 aromatic carbocycles. The molecule has 0 aromatic heterocycles. The van der Waals surface area contributed by atoms with Gasteiger partial charge in [-0.3, -0.25) is 9.59 Å². The van der Waals surface area contributed by atoms with Crippen LogP contribution in [0.1, 0.15) is 47.9 Å². The summed E-state index contributed by atoms with van der Waals surface area (Å²) in [5, 5.41) is 2.69. The number of amides is 1. The molecule has 166 valence electrons. The zero-order valence-electron chi connectivity index (χ0n) is 18.4. The molecule has 1 amide bonds. The third-order valence-electron chi connectivity index (χ3n) is 6.06. The summed E-state index contributed by atoms with van der Waals surface area (Å²) in [7, 11) is -3.98. The van der Waals surface area contributed by atoms with Crippen molar-refractivity contribution < 1.29 is 22.7 Å². The van der Waals surface area contributed by atoms with Crippen LogP contribution in [0.3, 0.4) is 0 Å². The summed E-state index contributed by atoms with van der Waals surface area (Å²) in [4.78, 5) is 25.5. The van der Waals surface area contributed by atoms with Crippen LogP contribution in [0.5, 0.6) is 0 Å². The summed E-state index contributed by atoms with van der Waals surface area (Å²) in [6.45, 7) is 6.91. The van der Waals surface area contributed by atoms with Gasteiger partial charge in [0.1, 0.15) is 0 Å². The molecule has 0 aliphatic heterocycles. The predicted octanol–water partition coefficient (Wildman–Crippen LogP) is 4.19. The third-order valence-corrected chi connectivity index (χ3v) is 8.68. The van der Waals surface area contributed by atoms with Crippen molar-refractivity contribution in [3.05, 3.63) is 58.7 Å². The van der Waals surface area contributed by atoms with Gasteiger partial charge >= 0.3 is 5.97 Å². The highest BCUT2D eigenvalue weighted by molar-refractivity contribution is 7.93. The molecular weight excluding hydrogens is 414 g/mol. The lowest BCUT2D eigenvalue weighted by atomic mass is 10.1. The predicted molar refractivity (Wildman–Crippen MR) is 120 cm³/mol. The van der Waals surface area contributed by atoms with E-state index in [2.05, 4.69) is 5.32 Å². The van der Waals surface area contributed by atoms with Gasteiger partial charge in [0.05, 0.1) is 4.90 Å². The molecule has 0 saturated heterocycles. The number of hydrogen-bond acceptors (Lipinski definition) is 5. The highest BCUT2D eigenvalue weighted by Crippen LogP contribution is 2.42. The molecular formula is C24H29NO5S. The van der Waals surface area contributed by atoms with E-state index in [0.717, 1.165) is 16.7 Å². The summed E-state index contributed by atoms with van der Waals surface area (Å²) >= 11 is 0. The lowest BCUT2D eigenvalue weighted by molar-refractivity contribution is -0.149. The Labute approximate surface area is 183 Å². The first kappa shape index (κ1) is 23.0. The topological polar surface area (TPSA) is 89.5 Å². The average molecular weight is 444 g/mol. The van der Waals surface area contributed by atoms with Crippen LogP contribution in [0, 0.1) is 27.7 Å². The van der Waals surface area contributed by atoms with Gasteiger partial charge in [0.2, 0.25) is 0 Å². The lowest BCUT2D eigenvalue weighted by Crippen LogP contribution is -2.46. The van der Waals surface area contributed by atoms with Crippen LogP contribution < -0.4 is 5.32 Å².